The average Bonchev–Trinajstić information content (AvgIpc) is 2.84. The quantitative estimate of drug-likeness (QED) is 0.732. The number of amides is 2. The van der Waals surface area contributed by atoms with Crippen molar-refractivity contribution in [1.29, 1.82) is 0 Å². The number of rotatable bonds is 7. The smallest absolute Gasteiger partial charge is 0.317 e. The number of carboxylic acids is 1. The monoisotopic (exact) mass is 272 g/mol. The van der Waals surface area contributed by atoms with Gasteiger partial charge in [0.25, 0.3) is 0 Å². The Morgan fingerprint density at radius 1 is 1.47 bits per heavy atom. The summed E-state index contributed by atoms with van der Waals surface area (Å²) in [5, 5.41) is 11.5. The van der Waals surface area contributed by atoms with E-state index in [2.05, 4.69) is 5.32 Å². The minimum atomic E-state index is -0.827. The fourth-order valence-corrected chi connectivity index (χ4v) is 2.07. The number of carbonyl (C=O) groups excluding carboxylic acids is 1. The maximum absolute atomic E-state index is 12.0. The highest BCUT2D eigenvalue weighted by atomic mass is 16.5. The Bertz CT molecular complexity index is 301. The third-order valence-electron chi connectivity index (χ3n) is 3.24. The minimum absolute atomic E-state index is 0.0635. The van der Waals surface area contributed by atoms with Crippen LogP contribution in [0.1, 0.15) is 33.1 Å². The summed E-state index contributed by atoms with van der Waals surface area (Å²) in [6, 6.07) is -0.0547. The second kappa shape index (κ2) is 7.99. The summed E-state index contributed by atoms with van der Waals surface area (Å²) in [5.74, 6) is -0.427. The van der Waals surface area contributed by atoms with Crippen molar-refractivity contribution in [2.45, 2.75) is 39.2 Å². The van der Waals surface area contributed by atoms with Crippen LogP contribution in [0, 0.1) is 5.92 Å². The maximum atomic E-state index is 12.0. The van der Waals surface area contributed by atoms with Crippen LogP contribution in [0.4, 0.5) is 4.79 Å². The van der Waals surface area contributed by atoms with Gasteiger partial charge in [0, 0.05) is 38.1 Å². The number of nitrogens with one attached hydrogen (secondary N) is 1. The molecule has 6 nitrogen and oxygen atoms in total. The van der Waals surface area contributed by atoms with Gasteiger partial charge in [-0.05, 0) is 26.7 Å². The molecule has 0 aromatic heterocycles. The highest BCUT2D eigenvalue weighted by molar-refractivity contribution is 5.74. The van der Waals surface area contributed by atoms with Crippen LogP contribution < -0.4 is 5.32 Å². The Hall–Kier alpha value is -1.30. The van der Waals surface area contributed by atoms with Crippen LogP contribution in [-0.2, 0) is 9.53 Å². The van der Waals surface area contributed by atoms with Gasteiger partial charge in [0.05, 0.1) is 6.61 Å². The molecule has 2 N–H and O–H groups in total. The molecule has 1 fully saturated rings. The Balaban J connectivity index is 2.32. The molecule has 1 saturated heterocycles. The third-order valence-corrected chi connectivity index (χ3v) is 3.24. The number of nitrogens with zero attached hydrogens (tertiary/aromatic N) is 1. The molecule has 19 heavy (non-hydrogen) atoms. The lowest BCUT2D eigenvalue weighted by Crippen LogP contribution is -2.45. The molecular weight excluding hydrogens is 248 g/mol. The average molecular weight is 272 g/mol. The lowest BCUT2D eigenvalue weighted by atomic mass is 10.1. The van der Waals surface area contributed by atoms with Crippen molar-refractivity contribution in [3.8, 4) is 0 Å². The highest BCUT2D eigenvalue weighted by Crippen LogP contribution is 2.11. The summed E-state index contributed by atoms with van der Waals surface area (Å²) < 4.78 is 5.26. The number of aliphatic carboxylic acids is 1. The Labute approximate surface area is 114 Å². The summed E-state index contributed by atoms with van der Waals surface area (Å²) in [5.41, 5.74) is 0. The van der Waals surface area contributed by atoms with Crippen LogP contribution in [0.5, 0.6) is 0 Å². The van der Waals surface area contributed by atoms with E-state index in [-0.39, 0.29) is 18.5 Å². The Morgan fingerprint density at radius 2 is 2.21 bits per heavy atom. The van der Waals surface area contributed by atoms with Crippen LogP contribution in [0.15, 0.2) is 0 Å². The molecule has 1 aliphatic rings. The lowest BCUT2D eigenvalue weighted by molar-refractivity contribution is -0.137. The largest absolute Gasteiger partial charge is 0.481 e. The first kappa shape index (κ1) is 15.8. The zero-order chi connectivity index (χ0) is 14.3. The van der Waals surface area contributed by atoms with Crippen molar-refractivity contribution >= 4 is 12.0 Å². The molecule has 1 aliphatic heterocycles. The molecule has 0 aromatic rings. The van der Waals surface area contributed by atoms with Gasteiger partial charge in [0.1, 0.15) is 0 Å². The second-order valence-corrected chi connectivity index (χ2v) is 5.20. The maximum Gasteiger partial charge on any atom is 0.317 e. The molecule has 6 heteroatoms. The van der Waals surface area contributed by atoms with E-state index in [1.54, 1.807) is 4.90 Å². The first-order valence-electron chi connectivity index (χ1n) is 6.84. The van der Waals surface area contributed by atoms with Gasteiger partial charge in [-0.2, -0.15) is 0 Å². The number of carboxylic acid groups (broad SMARTS) is 1. The second-order valence-electron chi connectivity index (χ2n) is 5.20. The molecule has 0 radical (unpaired) electrons. The minimum Gasteiger partial charge on any atom is -0.481 e. The summed E-state index contributed by atoms with van der Waals surface area (Å²) in [7, 11) is 0. The van der Waals surface area contributed by atoms with Gasteiger partial charge in [-0.3, -0.25) is 4.79 Å². The molecule has 1 rings (SSSR count). The number of hydrogen-bond acceptors (Lipinski definition) is 3. The van der Waals surface area contributed by atoms with Crippen molar-refractivity contribution in [3.63, 3.8) is 0 Å². The molecule has 110 valence electrons. The van der Waals surface area contributed by atoms with Crippen molar-refractivity contribution in [2.75, 3.05) is 26.3 Å². The van der Waals surface area contributed by atoms with Crippen molar-refractivity contribution in [1.82, 2.24) is 10.2 Å². The standard InChI is InChI=1S/C13H24N2O4/c1-10(2)15(6-3-4-12(16)17)13(18)14-8-11-5-7-19-9-11/h10-11H,3-9H2,1-2H3,(H,14,18)(H,16,17). The van der Waals surface area contributed by atoms with E-state index in [0.29, 0.717) is 32.0 Å². The third kappa shape index (κ3) is 5.92. The normalized spacial score (nSPS) is 18.6. The van der Waals surface area contributed by atoms with Crippen LogP contribution in [0.2, 0.25) is 0 Å². The van der Waals surface area contributed by atoms with Crippen molar-refractivity contribution in [3.05, 3.63) is 0 Å². The van der Waals surface area contributed by atoms with Crippen molar-refractivity contribution in [2.24, 2.45) is 5.92 Å². The van der Waals surface area contributed by atoms with Gasteiger partial charge in [0.15, 0.2) is 0 Å². The summed E-state index contributed by atoms with van der Waals surface area (Å²) in [6.45, 7) is 6.43. The van der Waals surface area contributed by atoms with E-state index in [1.165, 1.54) is 0 Å². The predicted octanol–water partition coefficient (Wildman–Crippen LogP) is 1.31. The van der Waals surface area contributed by atoms with Gasteiger partial charge in [-0.1, -0.05) is 0 Å². The summed E-state index contributed by atoms with van der Waals surface area (Å²) in [4.78, 5) is 24.2. The molecule has 0 bridgehead atoms. The summed E-state index contributed by atoms with van der Waals surface area (Å²) in [6.07, 6.45) is 1.56. The van der Waals surface area contributed by atoms with E-state index in [4.69, 9.17) is 9.84 Å². The summed E-state index contributed by atoms with van der Waals surface area (Å²) >= 11 is 0. The number of carbonyl (C=O) groups is 2. The van der Waals surface area contributed by atoms with Crippen molar-refractivity contribution < 1.29 is 19.4 Å². The topological polar surface area (TPSA) is 78.9 Å². The molecule has 0 saturated carbocycles. The fraction of sp³-hybridized carbons (Fsp3) is 0.846. The van der Waals surface area contributed by atoms with Crippen LogP contribution in [0.25, 0.3) is 0 Å². The van der Waals surface area contributed by atoms with Gasteiger partial charge in [-0.25, -0.2) is 4.79 Å². The van der Waals surface area contributed by atoms with E-state index in [1.807, 2.05) is 13.8 Å². The lowest BCUT2D eigenvalue weighted by Gasteiger charge is -2.27. The molecule has 0 spiro atoms. The molecule has 2 amide bonds. The Morgan fingerprint density at radius 3 is 2.74 bits per heavy atom. The molecule has 1 atom stereocenters. The van der Waals surface area contributed by atoms with E-state index < -0.39 is 5.97 Å². The Kier molecular flexibility index (Phi) is 6.62. The van der Waals surface area contributed by atoms with Crippen LogP contribution in [-0.4, -0.2) is 54.4 Å². The van der Waals surface area contributed by atoms with Gasteiger partial charge >= 0.3 is 12.0 Å². The highest BCUT2D eigenvalue weighted by Gasteiger charge is 2.20. The molecule has 0 aromatic carbocycles. The van der Waals surface area contributed by atoms with Crippen LogP contribution in [0.3, 0.4) is 0 Å². The first-order valence-corrected chi connectivity index (χ1v) is 6.84. The van der Waals surface area contributed by atoms with E-state index in [0.717, 1.165) is 13.0 Å². The number of ether oxygens (including phenoxy) is 1. The van der Waals surface area contributed by atoms with Gasteiger partial charge in [-0.15, -0.1) is 0 Å². The number of urea groups is 1. The zero-order valence-electron chi connectivity index (χ0n) is 11.7. The van der Waals surface area contributed by atoms with Crippen LogP contribution >= 0.6 is 0 Å². The number of hydrogen-bond donors (Lipinski definition) is 2. The SMILES string of the molecule is CC(C)N(CCCC(=O)O)C(=O)NCC1CCOC1. The van der Waals surface area contributed by atoms with E-state index >= 15 is 0 Å². The molecular formula is C13H24N2O4. The molecule has 1 unspecified atom stereocenters. The fourth-order valence-electron chi connectivity index (χ4n) is 2.07. The van der Waals surface area contributed by atoms with Gasteiger partial charge < -0.3 is 20.1 Å². The zero-order valence-corrected chi connectivity index (χ0v) is 11.7. The van der Waals surface area contributed by atoms with E-state index in [9.17, 15) is 9.59 Å². The molecule has 0 aliphatic carbocycles. The van der Waals surface area contributed by atoms with Gasteiger partial charge in [0.2, 0.25) is 0 Å². The first-order chi connectivity index (χ1) is 9.00. The molecule has 1 heterocycles. The predicted molar refractivity (Wildman–Crippen MR) is 71.0 cm³/mol.